The Morgan fingerprint density at radius 1 is 1.11 bits per heavy atom. The maximum absolute atomic E-state index is 13.7. The van der Waals surface area contributed by atoms with Crippen molar-refractivity contribution in [1.82, 2.24) is 4.90 Å². The van der Waals surface area contributed by atoms with Gasteiger partial charge in [-0.05, 0) is 41.5 Å². The number of esters is 1. The molecule has 0 radical (unpaired) electrons. The molecule has 6 nitrogen and oxygen atoms in total. The summed E-state index contributed by atoms with van der Waals surface area (Å²) >= 11 is 0. The molecule has 0 fully saturated rings. The highest BCUT2D eigenvalue weighted by Gasteiger charge is 2.13. The van der Waals surface area contributed by atoms with Gasteiger partial charge in [-0.25, -0.2) is 9.18 Å². The summed E-state index contributed by atoms with van der Waals surface area (Å²) in [6, 6.07) is 11.6. The van der Waals surface area contributed by atoms with Crippen molar-refractivity contribution < 1.29 is 28.2 Å². The summed E-state index contributed by atoms with van der Waals surface area (Å²) in [6.45, 7) is -0.229. The number of rotatable bonds is 8. The monoisotopic (exact) mass is 387 g/mol. The lowest BCUT2D eigenvalue weighted by atomic mass is 10.2. The van der Waals surface area contributed by atoms with Crippen LogP contribution in [0.4, 0.5) is 4.39 Å². The summed E-state index contributed by atoms with van der Waals surface area (Å²) in [5, 5.41) is 0. The molecule has 0 aliphatic heterocycles. The average Bonchev–Trinajstić information content (AvgIpc) is 2.70. The van der Waals surface area contributed by atoms with Crippen LogP contribution in [0.15, 0.2) is 48.5 Å². The van der Waals surface area contributed by atoms with Crippen LogP contribution in [0, 0.1) is 5.82 Å². The van der Waals surface area contributed by atoms with Gasteiger partial charge in [0.25, 0.3) is 5.91 Å². The maximum Gasteiger partial charge on any atom is 0.331 e. The van der Waals surface area contributed by atoms with Crippen molar-refractivity contribution in [2.24, 2.45) is 0 Å². The quantitative estimate of drug-likeness (QED) is 0.515. The molecule has 0 bridgehead atoms. The van der Waals surface area contributed by atoms with E-state index in [0.717, 1.165) is 5.56 Å². The zero-order valence-electron chi connectivity index (χ0n) is 16.0. The third-order valence-corrected chi connectivity index (χ3v) is 3.91. The molecule has 0 saturated heterocycles. The van der Waals surface area contributed by atoms with Gasteiger partial charge < -0.3 is 19.1 Å². The number of ether oxygens (including phenoxy) is 3. The minimum absolute atomic E-state index is 0.134. The van der Waals surface area contributed by atoms with Gasteiger partial charge in [0.2, 0.25) is 0 Å². The van der Waals surface area contributed by atoms with Crippen LogP contribution >= 0.6 is 0 Å². The molecule has 7 heteroatoms. The molecule has 0 aliphatic rings. The van der Waals surface area contributed by atoms with Gasteiger partial charge in [-0.3, -0.25) is 4.79 Å². The summed E-state index contributed by atoms with van der Waals surface area (Å²) in [6.07, 6.45) is 2.81. The third kappa shape index (κ3) is 6.12. The zero-order chi connectivity index (χ0) is 20.5. The van der Waals surface area contributed by atoms with Crippen molar-refractivity contribution in [1.29, 1.82) is 0 Å². The molecule has 2 rings (SSSR count). The van der Waals surface area contributed by atoms with Gasteiger partial charge in [0.05, 0.1) is 14.2 Å². The van der Waals surface area contributed by atoms with Gasteiger partial charge in [0, 0.05) is 19.7 Å². The van der Waals surface area contributed by atoms with Crippen molar-refractivity contribution in [2.75, 3.05) is 27.9 Å². The number of hydrogen-bond donors (Lipinski definition) is 0. The van der Waals surface area contributed by atoms with Crippen molar-refractivity contribution in [3.63, 3.8) is 0 Å². The van der Waals surface area contributed by atoms with E-state index in [0.29, 0.717) is 11.3 Å². The summed E-state index contributed by atoms with van der Waals surface area (Å²) in [7, 11) is 4.48. The second kappa shape index (κ2) is 10.1. The maximum atomic E-state index is 13.7. The summed E-state index contributed by atoms with van der Waals surface area (Å²) in [5.74, 6) is -0.744. The van der Waals surface area contributed by atoms with Crippen molar-refractivity contribution >= 4 is 18.0 Å². The SMILES string of the molecule is COc1cccc(/C=C/C(=O)OCC(=O)N(C)Cc2ccc(OC)c(F)c2)c1. The smallest absolute Gasteiger partial charge is 0.331 e. The normalized spacial score (nSPS) is 10.6. The Labute approximate surface area is 163 Å². The first-order valence-electron chi connectivity index (χ1n) is 8.48. The topological polar surface area (TPSA) is 65.1 Å². The van der Waals surface area contributed by atoms with Crippen LogP contribution in [0.25, 0.3) is 6.08 Å². The molecular formula is C21H22FNO5. The molecule has 0 saturated carbocycles. The van der Waals surface area contributed by atoms with E-state index in [9.17, 15) is 14.0 Å². The first kappa shape index (κ1) is 21.0. The van der Waals surface area contributed by atoms with E-state index in [-0.39, 0.29) is 12.3 Å². The Balaban J connectivity index is 1.84. The highest BCUT2D eigenvalue weighted by Crippen LogP contribution is 2.18. The van der Waals surface area contributed by atoms with Crippen LogP contribution in [0.3, 0.4) is 0 Å². The Morgan fingerprint density at radius 2 is 1.89 bits per heavy atom. The molecule has 0 atom stereocenters. The van der Waals surface area contributed by atoms with Gasteiger partial charge >= 0.3 is 5.97 Å². The number of amides is 1. The second-order valence-corrected chi connectivity index (χ2v) is 5.94. The van der Waals surface area contributed by atoms with Gasteiger partial charge in [-0.2, -0.15) is 0 Å². The number of benzene rings is 2. The molecule has 0 N–H and O–H groups in total. The first-order chi connectivity index (χ1) is 13.4. The molecule has 0 spiro atoms. The van der Waals surface area contributed by atoms with E-state index < -0.39 is 24.3 Å². The number of nitrogens with zero attached hydrogens (tertiary/aromatic N) is 1. The summed E-state index contributed by atoms with van der Waals surface area (Å²) in [5.41, 5.74) is 1.36. The average molecular weight is 387 g/mol. The molecule has 0 aliphatic carbocycles. The van der Waals surface area contributed by atoms with E-state index >= 15 is 0 Å². The van der Waals surface area contributed by atoms with Crippen LogP contribution in [-0.2, 0) is 20.9 Å². The van der Waals surface area contributed by atoms with Gasteiger partial charge in [-0.15, -0.1) is 0 Å². The fourth-order valence-electron chi connectivity index (χ4n) is 2.37. The van der Waals surface area contributed by atoms with Crippen LogP contribution in [-0.4, -0.2) is 44.7 Å². The van der Waals surface area contributed by atoms with Crippen LogP contribution in [0.1, 0.15) is 11.1 Å². The number of carbonyl (C=O) groups excluding carboxylic acids is 2. The Hall–Kier alpha value is -3.35. The van der Waals surface area contributed by atoms with Gasteiger partial charge in [0.15, 0.2) is 18.2 Å². The molecule has 2 aromatic rings. The molecular weight excluding hydrogens is 365 g/mol. The standard InChI is InChI=1S/C21H22FNO5/c1-23(13-16-7-9-19(27-3)18(22)12-16)20(24)14-28-21(25)10-8-15-5-4-6-17(11-15)26-2/h4-12H,13-14H2,1-3H3/b10-8+. The molecule has 0 aromatic heterocycles. The van der Waals surface area contributed by atoms with E-state index in [1.165, 1.54) is 30.2 Å². The van der Waals surface area contributed by atoms with Crippen LogP contribution in [0.2, 0.25) is 0 Å². The highest BCUT2D eigenvalue weighted by atomic mass is 19.1. The van der Waals surface area contributed by atoms with E-state index in [2.05, 4.69) is 0 Å². The van der Waals surface area contributed by atoms with Crippen molar-refractivity contribution in [3.8, 4) is 11.5 Å². The van der Waals surface area contributed by atoms with Gasteiger partial charge in [0.1, 0.15) is 5.75 Å². The first-order valence-corrected chi connectivity index (χ1v) is 8.48. The van der Waals surface area contributed by atoms with E-state index in [4.69, 9.17) is 14.2 Å². The number of carbonyl (C=O) groups is 2. The molecule has 28 heavy (non-hydrogen) atoms. The lowest BCUT2D eigenvalue weighted by Crippen LogP contribution is -2.30. The second-order valence-electron chi connectivity index (χ2n) is 5.94. The number of methoxy groups -OCH3 is 2. The van der Waals surface area contributed by atoms with Crippen molar-refractivity contribution in [3.05, 3.63) is 65.5 Å². The Kier molecular flexibility index (Phi) is 7.56. The van der Waals surface area contributed by atoms with E-state index in [1.54, 1.807) is 50.6 Å². The molecule has 148 valence electrons. The third-order valence-electron chi connectivity index (χ3n) is 3.91. The van der Waals surface area contributed by atoms with E-state index in [1.807, 2.05) is 0 Å². The molecule has 1 amide bonds. The Bertz CT molecular complexity index is 866. The zero-order valence-corrected chi connectivity index (χ0v) is 16.0. The molecule has 0 unspecified atom stereocenters. The number of hydrogen-bond acceptors (Lipinski definition) is 5. The highest BCUT2D eigenvalue weighted by molar-refractivity contribution is 5.89. The number of likely N-dealkylation sites (N-methyl/N-ethyl adjacent to an activating group) is 1. The Morgan fingerprint density at radius 3 is 2.57 bits per heavy atom. The largest absolute Gasteiger partial charge is 0.497 e. The summed E-state index contributed by atoms with van der Waals surface area (Å²) in [4.78, 5) is 25.3. The lowest BCUT2D eigenvalue weighted by Gasteiger charge is -2.17. The predicted octanol–water partition coefficient (Wildman–Crippen LogP) is 3.06. The summed E-state index contributed by atoms with van der Waals surface area (Å²) < 4.78 is 28.6. The minimum atomic E-state index is -0.639. The van der Waals surface area contributed by atoms with Crippen molar-refractivity contribution in [2.45, 2.75) is 6.54 Å². The fraction of sp³-hybridized carbons (Fsp3) is 0.238. The molecule has 2 aromatic carbocycles. The van der Waals surface area contributed by atoms with Gasteiger partial charge in [-0.1, -0.05) is 18.2 Å². The molecule has 0 heterocycles. The predicted molar refractivity (Wildman–Crippen MR) is 102 cm³/mol. The lowest BCUT2D eigenvalue weighted by molar-refractivity contribution is -0.147. The van der Waals surface area contributed by atoms with Crippen LogP contribution in [0.5, 0.6) is 11.5 Å². The fourth-order valence-corrected chi connectivity index (χ4v) is 2.37. The minimum Gasteiger partial charge on any atom is -0.497 e. The van der Waals surface area contributed by atoms with Crippen LogP contribution < -0.4 is 9.47 Å². The number of halogens is 1.